The molecule has 1 aromatic carbocycles. The molecule has 3 heteroatoms. The Kier molecular flexibility index (Phi) is 5.20. The summed E-state index contributed by atoms with van der Waals surface area (Å²) in [6, 6.07) is 7.41. The average Bonchev–Trinajstić information content (AvgIpc) is 2.28. The highest BCUT2D eigenvalue weighted by Gasteiger charge is 2.12. The summed E-state index contributed by atoms with van der Waals surface area (Å²) in [5, 5.41) is 2.98. The van der Waals surface area contributed by atoms with Crippen LogP contribution < -0.4 is 10.1 Å². The standard InChI is InChI=1S/C15H23NO2/c1-10(2)12(5)16-15(17)13-6-8-14(9-7-13)18-11(3)4/h6-12H,1-5H3,(H,16,17). The third kappa shape index (κ3) is 4.40. The Morgan fingerprint density at radius 3 is 2.06 bits per heavy atom. The van der Waals surface area contributed by atoms with E-state index >= 15 is 0 Å². The molecule has 18 heavy (non-hydrogen) atoms. The van der Waals surface area contributed by atoms with Crippen LogP contribution in [0.15, 0.2) is 24.3 Å². The molecular formula is C15H23NO2. The van der Waals surface area contributed by atoms with Crippen molar-refractivity contribution in [3.05, 3.63) is 29.8 Å². The fourth-order valence-corrected chi connectivity index (χ4v) is 1.41. The smallest absolute Gasteiger partial charge is 0.251 e. The minimum absolute atomic E-state index is 0.0349. The molecule has 1 rings (SSSR count). The summed E-state index contributed by atoms with van der Waals surface area (Å²) in [4.78, 5) is 11.9. The van der Waals surface area contributed by atoms with Crippen molar-refractivity contribution in [3.63, 3.8) is 0 Å². The molecule has 0 heterocycles. The van der Waals surface area contributed by atoms with Gasteiger partial charge in [-0.05, 0) is 51.0 Å². The molecule has 0 saturated heterocycles. The summed E-state index contributed by atoms with van der Waals surface area (Å²) in [6.45, 7) is 10.1. The molecule has 1 atom stereocenters. The van der Waals surface area contributed by atoms with Gasteiger partial charge in [0.05, 0.1) is 6.10 Å². The lowest BCUT2D eigenvalue weighted by Gasteiger charge is -2.17. The summed E-state index contributed by atoms with van der Waals surface area (Å²) < 4.78 is 5.54. The van der Waals surface area contributed by atoms with Crippen molar-refractivity contribution >= 4 is 5.91 Å². The van der Waals surface area contributed by atoms with E-state index in [2.05, 4.69) is 19.2 Å². The van der Waals surface area contributed by atoms with Crippen molar-refractivity contribution in [1.29, 1.82) is 0 Å². The van der Waals surface area contributed by atoms with Crippen LogP contribution in [0.3, 0.4) is 0 Å². The number of nitrogens with one attached hydrogen (secondary N) is 1. The molecule has 1 unspecified atom stereocenters. The summed E-state index contributed by atoms with van der Waals surface area (Å²) in [7, 11) is 0. The summed E-state index contributed by atoms with van der Waals surface area (Å²) in [5.41, 5.74) is 0.665. The zero-order chi connectivity index (χ0) is 13.7. The Balaban J connectivity index is 2.64. The number of benzene rings is 1. The maximum Gasteiger partial charge on any atom is 0.251 e. The van der Waals surface area contributed by atoms with E-state index in [1.807, 2.05) is 32.9 Å². The van der Waals surface area contributed by atoms with Gasteiger partial charge in [0.1, 0.15) is 5.75 Å². The maximum atomic E-state index is 11.9. The number of amides is 1. The third-order valence-corrected chi connectivity index (χ3v) is 2.85. The topological polar surface area (TPSA) is 38.3 Å². The van der Waals surface area contributed by atoms with Crippen LogP contribution in [-0.4, -0.2) is 18.1 Å². The molecular weight excluding hydrogens is 226 g/mol. The second-order valence-electron chi connectivity index (χ2n) is 5.20. The van der Waals surface area contributed by atoms with Crippen LogP contribution in [0.1, 0.15) is 45.0 Å². The molecule has 0 radical (unpaired) electrons. The van der Waals surface area contributed by atoms with Crippen molar-refractivity contribution in [3.8, 4) is 5.75 Å². The number of hydrogen-bond donors (Lipinski definition) is 1. The normalized spacial score (nSPS) is 12.6. The predicted octanol–water partition coefficient (Wildman–Crippen LogP) is 3.25. The molecule has 0 fully saturated rings. The molecule has 0 aromatic heterocycles. The molecule has 0 bridgehead atoms. The summed E-state index contributed by atoms with van der Waals surface area (Å²) in [5.74, 6) is 1.18. The van der Waals surface area contributed by atoms with E-state index in [9.17, 15) is 4.79 Å². The van der Waals surface area contributed by atoms with Gasteiger partial charge in [0.25, 0.3) is 5.91 Å². The average molecular weight is 249 g/mol. The van der Waals surface area contributed by atoms with Gasteiger partial charge < -0.3 is 10.1 Å². The van der Waals surface area contributed by atoms with Crippen molar-refractivity contribution in [2.45, 2.75) is 46.8 Å². The van der Waals surface area contributed by atoms with Crippen molar-refractivity contribution in [2.24, 2.45) is 5.92 Å². The SMILES string of the molecule is CC(C)Oc1ccc(C(=O)NC(C)C(C)C)cc1. The molecule has 1 amide bonds. The maximum absolute atomic E-state index is 11.9. The molecule has 100 valence electrons. The number of ether oxygens (including phenoxy) is 1. The van der Waals surface area contributed by atoms with E-state index < -0.39 is 0 Å². The first-order valence-corrected chi connectivity index (χ1v) is 6.47. The van der Waals surface area contributed by atoms with Crippen LogP contribution >= 0.6 is 0 Å². The second kappa shape index (κ2) is 6.43. The zero-order valence-electron chi connectivity index (χ0n) is 11.9. The number of hydrogen-bond acceptors (Lipinski definition) is 2. The molecule has 1 aromatic rings. The van der Waals surface area contributed by atoms with Crippen LogP contribution in [0, 0.1) is 5.92 Å². The fraction of sp³-hybridized carbons (Fsp3) is 0.533. The van der Waals surface area contributed by atoms with Crippen LogP contribution in [0.2, 0.25) is 0 Å². The number of rotatable bonds is 5. The highest BCUT2D eigenvalue weighted by Crippen LogP contribution is 2.14. The molecule has 0 aliphatic heterocycles. The van der Waals surface area contributed by atoms with Crippen molar-refractivity contribution in [1.82, 2.24) is 5.32 Å². The van der Waals surface area contributed by atoms with Gasteiger partial charge in [-0.2, -0.15) is 0 Å². The fourth-order valence-electron chi connectivity index (χ4n) is 1.41. The van der Waals surface area contributed by atoms with Gasteiger partial charge >= 0.3 is 0 Å². The van der Waals surface area contributed by atoms with Gasteiger partial charge in [-0.15, -0.1) is 0 Å². The summed E-state index contributed by atoms with van der Waals surface area (Å²) >= 11 is 0. The third-order valence-electron chi connectivity index (χ3n) is 2.85. The molecule has 0 spiro atoms. The van der Waals surface area contributed by atoms with Crippen LogP contribution in [0.25, 0.3) is 0 Å². The molecule has 0 aliphatic rings. The minimum atomic E-state index is -0.0349. The second-order valence-corrected chi connectivity index (χ2v) is 5.20. The van der Waals surface area contributed by atoms with Gasteiger partial charge in [-0.3, -0.25) is 4.79 Å². The number of carbonyl (C=O) groups excluding carboxylic acids is 1. The van der Waals surface area contributed by atoms with Gasteiger partial charge in [-0.1, -0.05) is 13.8 Å². The first kappa shape index (κ1) is 14.6. The van der Waals surface area contributed by atoms with E-state index in [-0.39, 0.29) is 18.1 Å². The van der Waals surface area contributed by atoms with Crippen LogP contribution in [-0.2, 0) is 0 Å². The van der Waals surface area contributed by atoms with E-state index in [1.165, 1.54) is 0 Å². The zero-order valence-corrected chi connectivity index (χ0v) is 11.9. The lowest BCUT2D eigenvalue weighted by molar-refractivity contribution is 0.0930. The highest BCUT2D eigenvalue weighted by molar-refractivity contribution is 5.94. The van der Waals surface area contributed by atoms with Gasteiger partial charge in [0.2, 0.25) is 0 Å². The van der Waals surface area contributed by atoms with Crippen LogP contribution in [0.4, 0.5) is 0 Å². The van der Waals surface area contributed by atoms with E-state index in [4.69, 9.17) is 4.74 Å². The van der Waals surface area contributed by atoms with Gasteiger partial charge in [0, 0.05) is 11.6 Å². The van der Waals surface area contributed by atoms with E-state index in [0.29, 0.717) is 11.5 Å². The van der Waals surface area contributed by atoms with Gasteiger partial charge in [0.15, 0.2) is 0 Å². The van der Waals surface area contributed by atoms with Crippen molar-refractivity contribution < 1.29 is 9.53 Å². The largest absolute Gasteiger partial charge is 0.491 e. The monoisotopic (exact) mass is 249 g/mol. The first-order chi connectivity index (χ1) is 8.40. The molecule has 0 saturated carbocycles. The van der Waals surface area contributed by atoms with E-state index in [0.717, 1.165) is 5.75 Å². The Hall–Kier alpha value is -1.51. The Morgan fingerprint density at radius 1 is 1.06 bits per heavy atom. The molecule has 3 nitrogen and oxygen atoms in total. The lowest BCUT2D eigenvalue weighted by atomic mass is 10.1. The number of carbonyl (C=O) groups is 1. The van der Waals surface area contributed by atoms with Crippen LogP contribution in [0.5, 0.6) is 5.75 Å². The quantitative estimate of drug-likeness (QED) is 0.870. The van der Waals surface area contributed by atoms with E-state index in [1.54, 1.807) is 12.1 Å². The lowest BCUT2D eigenvalue weighted by Crippen LogP contribution is -2.36. The minimum Gasteiger partial charge on any atom is -0.491 e. The first-order valence-electron chi connectivity index (χ1n) is 6.47. The predicted molar refractivity (Wildman–Crippen MR) is 74.0 cm³/mol. The Labute approximate surface area is 110 Å². The summed E-state index contributed by atoms with van der Waals surface area (Å²) in [6.07, 6.45) is 0.144. The molecule has 0 aliphatic carbocycles. The van der Waals surface area contributed by atoms with Gasteiger partial charge in [-0.25, -0.2) is 0 Å². The highest BCUT2D eigenvalue weighted by atomic mass is 16.5. The Bertz CT molecular complexity index is 382. The van der Waals surface area contributed by atoms with Crippen molar-refractivity contribution in [2.75, 3.05) is 0 Å². The molecule has 1 N–H and O–H groups in total. The Morgan fingerprint density at radius 2 is 1.61 bits per heavy atom.